The molecule has 1 aliphatic rings. The van der Waals surface area contributed by atoms with Gasteiger partial charge in [0.05, 0.1) is 0 Å². The van der Waals surface area contributed by atoms with Crippen LogP contribution in [0.3, 0.4) is 0 Å². The Balaban J connectivity index is 1.39. The zero-order valence-corrected chi connectivity index (χ0v) is 16.4. The number of likely N-dealkylation sites (tertiary alicyclic amines) is 1. The number of hydrogen-bond acceptors (Lipinski definition) is 5. The van der Waals surface area contributed by atoms with E-state index in [1.165, 1.54) is 5.56 Å². The molecule has 6 nitrogen and oxygen atoms in total. The molecular formula is C21H28N4O2. The van der Waals surface area contributed by atoms with Crippen LogP contribution >= 0.6 is 0 Å². The van der Waals surface area contributed by atoms with Gasteiger partial charge < -0.3 is 15.0 Å². The Morgan fingerprint density at radius 1 is 1.19 bits per heavy atom. The molecule has 0 aliphatic carbocycles. The molecule has 3 rings (SSSR count). The smallest absolute Gasteiger partial charge is 0.410 e. The Morgan fingerprint density at radius 3 is 2.56 bits per heavy atom. The number of anilines is 1. The number of rotatable bonds is 5. The van der Waals surface area contributed by atoms with E-state index in [-0.39, 0.29) is 6.09 Å². The number of benzene rings is 1. The van der Waals surface area contributed by atoms with Crippen molar-refractivity contribution >= 4 is 12.0 Å². The molecular weight excluding hydrogens is 340 g/mol. The lowest BCUT2D eigenvalue weighted by Gasteiger charge is -2.31. The quantitative estimate of drug-likeness (QED) is 0.868. The van der Waals surface area contributed by atoms with Gasteiger partial charge in [-0.2, -0.15) is 0 Å². The SMILES string of the molecule is Cc1ccc(COC(=O)N2CCC(CNc3ncc(C)c(C)n3)CC2)cc1. The summed E-state index contributed by atoms with van der Waals surface area (Å²) in [4.78, 5) is 22.8. The predicted molar refractivity (Wildman–Crippen MR) is 106 cm³/mol. The zero-order valence-electron chi connectivity index (χ0n) is 16.4. The number of carbonyl (C=O) groups is 1. The van der Waals surface area contributed by atoms with Gasteiger partial charge in [-0.1, -0.05) is 29.8 Å². The highest BCUT2D eigenvalue weighted by Gasteiger charge is 2.23. The van der Waals surface area contributed by atoms with Crippen LogP contribution in [0.4, 0.5) is 10.7 Å². The molecule has 1 N–H and O–H groups in total. The van der Waals surface area contributed by atoms with E-state index in [1.807, 2.05) is 51.2 Å². The van der Waals surface area contributed by atoms with Crippen molar-refractivity contribution in [1.29, 1.82) is 0 Å². The van der Waals surface area contributed by atoms with Gasteiger partial charge in [-0.05, 0) is 50.7 Å². The van der Waals surface area contributed by atoms with Crippen LogP contribution < -0.4 is 5.32 Å². The van der Waals surface area contributed by atoms with Crippen molar-refractivity contribution in [1.82, 2.24) is 14.9 Å². The molecule has 144 valence electrons. The number of nitrogens with zero attached hydrogens (tertiary/aromatic N) is 3. The van der Waals surface area contributed by atoms with Crippen molar-refractivity contribution in [2.75, 3.05) is 25.0 Å². The van der Waals surface area contributed by atoms with E-state index in [0.717, 1.165) is 49.3 Å². The van der Waals surface area contributed by atoms with Crippen molar-refractivity contribution < 1.29 is 9.53 Å². The minimum absolute atomic E-state index is 0.223. The molecule has 1 aromatic heterocycles. The average molecular weight is 368 g/mol. The van der Waals surface area contributed by atoms with Gasteiger partial charge in [0.25, 0.3) is 0 Å². The lowest BCUT2D eigenvalue weighted by atomic mass is 9.97. The molecule has 1 saturated heterocycles. The van der Waals surface area contributed by atoms with Crippen molar-refractivity contribution in [3.8, 4) is 0 Å². The van der Waals surface area contributed by atoms with Crippen LogP contribution in [-0.2, 0) is 11.3 Å². The van der Waals surface area contributed by atoms with Crippen LogP contribution in [0.5, 0.6) is 0 Å². The molecule has 27 heavy (non-hydrogen) atoms. The lowest BCUT2D eigenvalue weighted by molar-refractivity contribution is 0.0832. The second-order valence-electron chi connectivity index (χ2n) is 7.31. The number of hydrogen-bond donors (Lipinski definition) is 1. The fourth-order valence-electron chi connectivity index (χ4n) is 3.09. The third-order valence-corrected chi connectivity index (χ3v) is 5.13. The maximum atomic E-state index is 12.3. The first-order valence-electron chi connectivity index (χ1n) is 9.52. The average Bonchev–Trinajstić information content (AvgIpc) is 2.68. The van der Waals surface area contributed by atoms with Crippen molar-refractivity contribution in [3.63, 3.8) is 0 Å². The van der Waals surface area contributed by atoms with E-state index < -0.39 is 0 Å². The molecule has 2 aromatic rings. The first-order chi connectivity index (χ1) is 13.0. The molecule has 0 atom stereocenters. The molecule has 1 aliphatic heterocycles. The van der Waals surface area contributed by atoms with E-state index in [9.17, 15) is 4.79 Å². The monoisotopic (exact) mass is 368 g/mol. The topological polar surface area (TPSA) is 67.3 Å². The Kier molecular flexibility index (Phi) is 6.27. The van der Waals surface area contributed by atoms with Crippen LogP contribution in [0.15, 0.2) is 30.5 Å². The highest BCUT2D eigenvalue weighted by molar-refractivity contribution is 5.67. The van der Waals surface area contributed by atoms with Crippen LogP contribution in [0.2, 0.25) is 0 Å². The summed E-state index contributed by atoms with van der Waals surface area (Å²) < 4.78 is 5.45. The third-order valence-electron chi connectivity index (χ3n) is 5.13. The predicted octanol–water partition coefficient (Wildman–Crippen LogP) is 3.86. The van der Waals surface area contributed by atoms with E-state index in [0.29, 0.717) is 18.5 Å². The fourth-order valence-corrected chi connectivity index (χ4v) is 3.09. The van der Waals surface area contributed by atoms with E-state index >= 15 is 0 Å². The lowest BCUT2D eigenvalue weighted by Crippen LogP contribution is -2.40. The number of aromatic nitrogens is 2. The highest BCUT2D eigenvalue weighted by Crippen LogP contribution is 2.19. The summed E-state index contributed by atoms with van der Waals surface area (Å²) in [5, 5.41) is 3.32. The first kappa shape index (κ1) is 19.1. The summed E-state index contributed by atoms with van der Waals surface area (Å²) in [7, 11) is 0. The molecule has 0 unspecified atom stereocenters. The van der Waals surface area contributed by atoms with Gasteiger partial charge in [0.1, 0.15) is 6.61 Å². The van der Waals surface area contributed by atoms with Gasteiger partial charge in [-0.15, -0.1) is 0 Å². The summed E-state index contributed by atoms with van der Waals surface area (Å²) in [5.74, 6) is 1.19. The Labute approximate surface area is 161 Å². The van der Waals surface area contributed by atoms with Gasteiger partial charge >= 0.3 is 6.09 Å². The van der Waals surface area contributed by atoms with E-state index in [4.69, 9.17) is 4.74 Å². The number of carbonyl (C=O) groups excluding carboxylic acids is 1. The minimum Gasteiger partial charge on any atom is -0.445 e. The van der Waals surface area contributed by atoms with Crippen LogP contribution in [0, 0.1) is 26.7 Å². The molecule has 0 spiro atoms. The Bertz CT molecular complexity index is 768. The minimum atomic E-state index is -0.223. The largest absolute Gasteiger partial charge is 0.445 e. The van der Waals surface area contributed by atoms with Crippen LogP contribution in [0.25, 0.3) is 0 Å². The molecule has 0 saturated carbocycles. The number of piperidine rings is 1. The number of aryl methyl sites for hydroxylation is 3. The van der Waals surface area contributed by atoms with Gasteiger partial charge in [-0.25, -0.2) is 14.8 Å². The Hall–Kier alpha value is -2.63. The summed E-state index contributed by atoms with van der Waals surface area (Å²) in [6.45, 7) is 8.65. The van der Waals surface area contributed by atoms with E-state index in [2.05, 4.69) is 15.3 Å². The van der Waals surface area contributed by atoms with Gasteiger partial charge in [0, 0.05) is 31.5 Å². The molecule has 6 heteroatoms. The second kappa shape index (κ2) is 8.84. The second-order valence-corrected chi connectivity index (χ2v) is 7.31. The summed E-state index contributed by atoms with van der Waals surface area (Å²) in [6, 6.07) is 8.05. The third kappa shape index (κ3) is 5.42. The highest BCUT2D eigenvalue weighted by atomic mass is 16.6. The van der Waals surface area contributed by atoms with Crippen molar-refractivity contribution in [3.05, 3.63) is 52.8 Å². The maximum absolute atomic E-state index is 12.3. The van der Waals surface area contributed by atoms with Gasteiger partial charge in [0.2, 0.25) is 5.95 Å². The van der Waals surface area contributed by atoms with E-state index in [1.54, 1.807) is 4.90 Å². The van der Waals surface area contributed by atoms with Gasteiger partial charge in [-0.3, -0.25) is 0 Å². The molecule has 1 fully saturated rings. The summed E-state index contributed by atoms with van der Waals surface area (Å²) in [6.07, 6.45) is 3.53. The zero-order chi connectivity index (χ0) is 19.2. The van der Waals surface area contributed by atoms with Crippen molar-refractivity contribution in [2.45, 2.75) is 40.2 Å². The summed E-state index contributed by atoms with van der Waals surface area (Å²) >= 11 is 0. The molecule has 1 amide bonds. The molecule has 0 bridgehead atoms. The normalized spacial score (nSPS) is 14.9. The number of amides is 1. The summed E-state index contributed by atoms with van der Waals surface area (Å²) in [5.41, 5.74) is 4.31. The van der Waals surface area contributed by atoms with Crippen LogP contribution in [0.1, 0.15) is 35.2 Å². The molecule has 0 radical (unpaired) electrons. The van der Waals surface area contributed by atoms with Crippen LogP contribution in [-0.4, -0.2) is 40.6 Å². The van der Waals surface area contributed by atoms with Crippen molar-refractivity contribution in [2.24, 2.45) is 5.92 Å². The standard InChI is InChI=1S/C21H28N4O2/c1-15-4-6-19(7-5-15)14-27-21(26)25-10-8-18(9-11-25)13-23-20-22-12-16(2)17(3)24-20/h4-7,12,18H,8-11,13-14H2,1-3H3,(H,22,23,24). The maximum Gasteiger partial charge on any atom is 0.410 e. The Morgan fingerprint density at radius 2 is 1.89 bits per heavy atom. The first-order valence-corrected chi connectivity index (χ1v) is 9.52. The number of nitrogens with one attached hydrogen (secondary N) is 1. The number of ether oxygens (including phenoxy) is 1. The fraction of sp³-hybridized carbons (Fsp3) is 0.476. The van der Waals surface area contributed by atoms with Gasteiger partial charge in [0.15, 0.2) is 0 Å². The molecule has 1 aromatic carbocycles. The molecule has 2 heterocycles.